The van der Waals surface area contributed by atoms with Crippen molar-refractivity contribution in [1.29, 1.82) is 0 Å². The molecule has 3 rings (SSSR count). The summed E-state index contributed by atoms with van der Waals surface area (Å²) in [5, 5.41) is 6.86. The maximum absolute atomic E-state index is 13.9. The van der Waals surface area contributed by atoms with E-state index in [4.69, 9.17) is 14.3 Å². The van der Waals surface area contributed by atoms with E-state index >= 15 is 0 Å². The van der Waals surface area contributed by atoms with Crippen molar-refractivity contribution in [3.63, 3.8) is 0 Å². The van der Waals surface area contributed by atoms with Crippen molar-refractivity contribution in [2.75, 3.05) is 6.61 Å². The number of alkyl halides is 3. The number of fused-ring (bicyclic) bond motifs is 1. The fraction of sp³-hybridized carbons (Fsp3) is 0.500. The van der Waals surface area contributed by atoms with Gasteiger partial charge in [0.1, 0.15) is 0 Å². The maximum atomic E-state index is 13.9. The molecule has 2 aliphatic rings. The Hall–Kier alpha value is -3.04. The molecule has 0 saturated carbocycles. The van der Waals surface area contributed by atoms with Gasteiger partial charge in [0, 0.05) is 11.6 Å². The van der Waals surface area contributed by atoms with Crippen LogP contribution >= 0.6 is 0 Å². The van der Waals surface area contributed by atoms with Crippen LogP contribution in [0.25, 0.3) is 0 Å². The number of nitrogens with zero attached hydrogens (tertiary/aromatic N) is 1. The molecule has 3 atom stereocenters. The number of carbonyl (C=O) groups excluding carboxylic acids is 2. The van der Waals surface area contributed by atoms with Gasteiger partial charge in [-0.25, -0.2) is 9.59 Å². The fourth-order valence-electron chi connectivity index (χ4n) is 4.22. The minimum Gasteiger partial charge on any atom is -0.463 e. The number of rotatable bonds is 5. The second kappa shape index (κ2) is 8.48. The summed E-state index contributed by atoms with van der Waals surface area (Å²) in [6.07, 6.45) is -5.18. The van der Waals surface area contributed by atoms with Gasteiger partial charge in [-0.2, -0.15) is 13.2 Å². The van der Waals surface area contributed by atoms with Crippen molar-refractivity contribution in [1.82, 2.24) is 5.32 Å². The average molecular weight is 454 g/mol. The van der Waals surface area contributed by atoms with Gasteiger partial charge in [0.25, 0.3) is 0 Å². The van der Waals surface area contributed by atoms with E-state index in [0.29, 0.717) is 0 Å². The number of benzene rings is 1. The van der Waals surface area contributed by atoms with Crippen molar-refractivity contribution < 1.29 is 37.1 Å². The smallest absolute Gasteiger partial charge is 0.416 e. The van der Waals surface area contributed by atoms with Crippen LogP contribution in [0.1, 0.15) is 51.7 Å². The summed E-state index contributed by atoms with van der Waals surface area (Å²) in [6, 6.07) is 4.93. The van der Waals surface area contributed by atoms with Gasteiger partial charge >= 0.3 is 18.1 Å². The molecule has 0 unspecified atom stereocenters. The fourth-order valence-corrected chi connectivity index (χ4v) is 4.22. The molecule has 7 nitrogen and oxygen atoms in total. The van der Waals surface area contributed by atoms with E-state index in [1.807, 2.05) is 0 Å². The predicted octanol–water partition coefficient (Wildman–Crippen LogP) is 3.90. The minimum atomic E-state index is -4.69. The molecule has 1 aromatic carbocycles. The predicted molar refractivity (Wildman–Crippen MR) is 108 cm³/mol. The highest BCUT2D eigenvalue weighted by atomic mass is 19.4. The summed E-state index contributed by atoms with van der Waals surface area (Å²) in [7, 11) is 0. The van der Waals surface area contributed by atoms with Crippen LogP contribution in [0.15, 0.2) is 40.7 Å². The van der Waals surface area contributed by atoms with Gasteiger partial charge in [-0.15, -0.1) is 0 Å². The van der Waals surface area contributed by atoms with Gasteiger partial charge in [0.05, 0.1) is 29.8 Å². The first-order valence-electron chi connectivity index (χ1n) is 10.2. The second-order valence-corrected chi connectivity index (χ2v) is 8.05. The molecule has 1 aromatic rings. The first kappa shape index (κ1) is 23.6. The van der Waals surface area contributed by atoms with Crippen molar-refractivity contribution in [3.05, 3.63) is 46.7 Å². The average Bonchev–Trinajstić information content (AvgIpc) is 3.02. The molecule has 0 bridgehead atoms. The molecule has 2 heterocycles. The Morgan fingerprint density at radius 2 is 1.91 bits per heavy atom. The maximum Gasteiger partial charge on any atom is 0.416 e. The lowest BCUT2D eigenvalue weighted by molar-refractivity contribution is -0.142. The zero-order valence-electron chi connectivity index (χ0n) is 18.4. The molecule has 0 aliphatic carbocycles. The van der Waals surface area contributed by atoms with Crippen molar-refractivity contribution in [3.8, 4) is 0 Å². The first-order valence-corrected chi connectivity index (χ1v) is 10.2. The standard InChI is InChI=1S/C22H25F3N2O5/c1-6-30-19(28)15-12(4)26-21(5)17(18(27-32-21)20(29)31-11(2)3)16(15)13-9-7-8-10-14(13)22(23,24)25/h7-11,16-17,26H,6H2,1-5H3/t16-,17-,21+/m0/s1. The third kappa shape index (κ3) is 4.18. The van der Waals surface area contributed by atoms with E-state index in [1.54, 1.807) is 34.6 Å². The second-order valence-electron chi connectivity index (χ2n) is 8.05. The monoisotopic (exact) mass is 454 g/mol. The van der Waals surface area contributed by atoms with Crippen LogP contribution in [-0.4, -0.2) is 36.1 Å². The third-order valence-corrected chi connectivity index (χ3v) is 5.35. The quantitative estimate of drug-likeness (QED) is 0.680. The highest BCUT2D eigenvalue weighted by Gasteiger charge is 2.58. The topological polar surface area (TPSA) is 86.2 Å². The number of allylic oxidation sites excluding steroid dienone is 1. The third-order valence-electron chi connectivity index (χ3n) is 5.35. The largest absolute Gasteiger partial charge is 0.463 e. The van der Waals surface area contributed by atoms with Gasteiger partial charge < -0.3 is 19.6 Å². The number of nitrogens with one attached hydrogen (secondary N) is 1. The molecule has 0 fully saturated rings. The number of esters is 2. The molecule has 0 aromatic heterocycles. The van der Waals surface area contributed by atoms with E-state index in [2.05, 4.69) is 10.5 Å². The molecule has 1 N–H and O–H groups in total. The Kier molecular flexibility index (Phi) is 6.26. The Balaban J connectivity index is 2.26. The Morgan fingerprint density at radius 1 is 1.25 bits per heavy atom. The Labute approximate surface area is 183 Å². The lowest BCUT2D eigenvalue weighted by Gasteiger charge is -2.42. The lowest BCUT2D eigenvalue weighted by atomic mass is 9.69. The van der Waals surface area contributed by atoms with Gasteiger partial charge in [-0.1, -0.05) is 23.4 Å². The van der Waals surface area contributed by atoms with Gasteiger partial charge in [-0.05, 0) is 46.2 Å². The summed E-state index contributed by atoms with van der Waals surface area (Å²) in [6.45, 7) is 8.00. The zero-order valence-corrected chi connectivity index (χ0v) is 18.4. The Morgan fingerprint density at radius 3 is 2.50 bits per heavy atom. The normalized spacial score (nSPS) is 25.0. The number of hydrogen-bond donors (Lipinski definition) is 1. The number of hydrogen-bond acceptors (Lipinski definition) is 7. The van der Waals surface area contributed by atoms with Crippen molar-refractivity contribution >= 4 is 17.7 Å². The van der Waals surface area contributed by atoms with Gasteiger partial charge in [0.15, 0.2) is 5.71 Å². The lowest BCUT2D eigenvalue weighted by Crippen LogP contribution is -2.56. The molecular formula is C22H25F3N2O5. The molecule has 0 saturated heterocycles. The molecule has 32 heavy (non-hydrogen) atoms. The van der Waals surface area contributed by atoms with Crippen LogP contribution in [-0.2, 0) is 30.1 Å². The van der Waals surface area contributed by atoms with E-state index in [-0.39, 0.29) is 29.2 Å². The van der Waals surface area contributed by atoms with Crippen molar-refractivity contribution in [2.45, 2.75) is 58.5 Å². The molecule has 174 valence electrons. The van der Waals surface area contributed by atoms with E-state index < -0.39 is 47.3 Å². The summed E-state index contributed by atoms with van der Waals surface area (Å²) >= 11 is 0. The summed E-state index contributed by atoms with van der Waals surface area (Å²) < 4.78 is 52.2. The van der Waals surface area contributed by atoms with Crippen LogP contribution in [0, 0.1) is 5.92 Å². The van der Waals surface area contributed by atoms with Crippen LogP contribution < -0.4 is 5.32 Å². The van der Waals surface area contributed by atoms with Crippen molar-refractivity contribution in [2.24, 2.45) is 11.1 Å². The number of oxime groups is 1. The molecule has 0 amide bonds. The number of halogens is 3. The molecule has 10 heteroatoms. The van der Waals surface area contributed by atoms with E-state index in [1.165, 1.54) is 18.2 Å². The highest BCUT2D eigenvalue weighted by Crippen LogP contribution is 2.50. The van der Waals surface area contributed by atoms with E-state index in [0.717, 1.165) is 6.07 Å². The first-order chi connectivity index (χ1) is 14.9. The minimum absolute atomic E-state index is 0.0258. The molecular weight excluding hydrogens is 429 g/mol. The summed E-state index contributed by atoms with van der Waals surface area (Å²) in [5.41, 5.74) is -2.44. The number of carbonyl (C=O) groups is 2. The van der Waals surface area contributed by atoms with Gasteiger partial charge in [0.2, 0.25) is 5.72 Å². The zero-order chi connectivity index (χ0) is 23.8. The summed E-state index contributed by atoms with van der Waals surface area (Å²) in [5.74, 6) is -3.92. The van der Waals surface area contributed by atoms with Crippen LogP contribution in [0.2, 0.25) is 0 Å². The SMILES string of the molecule is CCOC(=O)C1=C(C)N[C@]2(C)ON=C(C(=O)OC(C)C)[C@@H]2[C@H]1c1ccccc1C(F)(F)F. The van der Waals surface area contributed by atoms with Gasteiger partial charge in [-0.3, -0.25) is 0 Å². The Bertz CT molecular complexity index is 986. The molecule has 2 aliphatic heterocycles. The summed E-state index contributed by atoms with van der Waals surface area (Å²) in [4.78, 5) is 31.2. The molecule has 0 radical (unpaired) electrons. The number of ether oxygens (including phenoxy) is 2. The highest BCUT2D eigenvalue weighted by molar-refractivity contribution is 6.38. The van der Waals surface area contributed by atoms with Crippen LogP contribution in [0.5, 0.6) is 0 Å². The van der Waals surface area contributed by atoms with Crippen LogP contribution in [0.3, 0.4) is 0 Å². The van der Waals surface area contributed by atoms with Crippen LogP contribution in [0.4, 0.5) is 13.2 Å². The molecule has 0 spiro atoms. The van der Waals surface area contributed by atoms with E-state index in [9.17, 15) is 22.8 Å².